The van der Waals surface area contributed by atoms with E-state index in [1.165, 1.54) is 0 Å². The van der Waals surface area contributed by atoms with E-state index in [-0.39, 0.29) is 0 Å². The van der Waals surface area contributed by atoms with Crippen LogP contribution in [0.25, 0.3) is 6.08 Å². The summed E-state index contributed by atoms with van der Waals surface area (Å²) in [5.41, 5.74) is 5.82. The highest BCUT2D eigenvalue weighted by atomic mass is 32.2. The molecular formula is C21H20N4OS. The molecule has 1 atom stereocenters. The first kappa shape index (κ1) is 17.6. The van der Waals surface area contributed by atoms with Gasteiger partial charge in [-0.05, 0) is 48.3 Å². The number of aromatic nitrogens is 2. The fourth-order valence-electron chi connectivity index (χ4n) is 2.95. The summed E-state index contributed by atoms with van der Waals surface area (Å²) in [4.78, 5) is 9.32. The summed E-state index contributed by atoms with van der Waals surface area (Å²) in [5, 5.41) is 8.39. The highest BCUT2D eigenvalue weighted by Crippen LogP contribution is 2.31. The Hall–Kier alpha value is -2.83. The van der Waals surface area contributed by atoms with Crippen molar-refractivity contribution in [2.45, 2.75) is 19.6 Å². The maximum atomic E-state index is 12.0. The third-order valence-corrected chi connectivity index (χ3v) is 5.51. The van der Waals surface area contributed by atoms with E-state index in [4.69, 9.17) is 4.98 Å². The van der Waals surface area contributed by atoms with Crippen molar-refractivity contribution < 1.29 is 4.55 Å². The summed E-state index contributed by atoms with van der Waals surface area (Å²) in [6.07, 6.45) is 1.81. The van der Waals surface area contributed by atoms with E-state index >= 15 is 0 Å². The fourth-order valence-corrected chi connectivity index (χ4v) is 3.89. The Labute approximate surface area is 161 Å². The zero-order chi connectivity index (χ0) is 18.8. The van der Waals surface area contributed by atoms with E-state index in [1.54, 1.807) is 5.41 Å². The normalized spacial score (nSPS) is 15.3. The molecule has 6 heteroatoms. The molecule has 0 bridgehead atoms. The molecule has 3 aromatic rings. The summed E-state index contributed by atoms with van der Waals surface area (Å²) in [6, 6.07) is 16.0. The number of rotatable bonds is 4. The van der Waals surface area contributed by atoms with Gasteiger partial charge in [-0.1, -0.05) is 36.4 Å². The topological polar surface area (TPSA) is 72.9 Å². The molecular weight excluding hydrogens is 356 g/mol. The summed E-state index contributed by atoms with van der Waals surface area (Å²) >= 11 is -1.04. The minimum absolute atomic E-state index is 0.407. The molecule has 0 spiro atoms. The first-order chi connectivity index (χ1) is 13.1. The highest BCUT2D eigenvalue weighted by molar-refractivity contribution is 7.93. The van der Waals surface area contributed by atoms with Gasteiger partial charge in [-0.25, -0.2) is 4.98 Å². The minimum atomic E-state index is -1.04. The van der Waals surface area contributed by atoms with Crippen molar-refractivity contribution in [3.05, 3.63) is 76.3 Å². The predicted molar refractivity (Wildman–Crippen MR) is 112 cm³/mol. The summed E-state index contributed by atoms with van der Waals surface area (Å²) < 4.78 is 12.0. The van der Waals surface area contributed by atoms with Crippen LogP contribution < -0.4 is 10.6 Å². The lowest BCUT2D eigenvalue weighted by atomic mass is 10.1. The van der Waals surface area contributed by atoms with Crippen molar-refractivity contribution in [3.8, 4) is 0 Å². The number of anilines is 4. The van der Waals surface area contributed by atoms with Crippen LogP contribution in [0.2, 0.25) is 0 Å². The van der Waals surface area contributed by atoms with Crippen LogP contribution >= 0.6 is 0 Å². The van der Waals surface area contributed by atoms with Crippen LogP contribution in [0.1, 0.15) is 22.4 Å². The number of para-hydroxylation sites is 2. The molecule has 2 aromatic carbocycles. The number of hydrogen-bond donors (Lipinski definition) is 2. The summed E-state index contributed by atoms with van der Waals surface area (Å²) in [6.45, 7) is 4.08. The molecule has 0 saturated carbocycles. The van der Waals surface area contributed by atoms with Gasteiger partial charge in [-0.15, -0.1) is 0 Å². The second kappa shape index (κ2) is 7.42. The van der Waals surface area contributed by atoms with Crippen molar-refractivity contribution in [1.82, 2.24) is 9.97 Å². The van der Waals surface area contributed by atoms with Crippen molar-refractivity contribution >= 4 is 40.4 Å². The quantitative estimate of drug-likeness (QED) is 0.639. The van der Waals surface area contributed by atoms with Crippen molar-refractivity contribution in [1.29, 1.82) is 0 Å². The van der Waals surface area contributed by atoms with E-state index in [0.29, 0.717) is 17.5 Å². The van der Waals surface area contributed by atoms with E-state index in [0.717, 1.165) is 33.8 Å². The van der Waals surface area contributed by atoms with Gasteiger partial charge in [0.25, 0.3) is 0 Å². The first-order valence-corrected chi connectivity index (χ1v) is 10.1. The molecule has 5 nitrogen and oxygen atoms in total. The monoisotopic (exact) mass is 376 g/mol. The van der Waals surface area contributed by atoms with Crippen LogP contribution in [0.5, 0.6) is 0 Å². The molecule has 0 radical (unpaired) electrons. The molecule has 1 aromatic heterocycles. The Balaban J connectivity index is 1.75. The fraction of sp³-hybridized carbons (Fsp3) is 0.143. The van der Waals surface area contributed by atoms with Crippen LogP contribution in [0.15, 0.2) is 53.9 Å². The maximum Gasteiger partial charge on any atom is 0.229 e. The second-order valence-electron chi connectivity index (χ2n) is 6.47. The number of aryl methyl sites for hydroxylation is 2. The van der Waals surface area contributed by atoms with Crippen LogP contribution in [-0.2, 0) is 16.9 Å². The molecule has 1 aliphatic rings. The standard InChI is InChI=1S/C21H20N4OS/c1-14-7-3-5-9-17(14)22-20-16-13-27(26)12-11-19(16)24-21(25-20)23-18-10-6-4-8-15(18)2/h3-12H,13H2,1-2H3,(H2,22,23,24,25). The minimum Gasteiger partial charge on any atom is -0.612 e. The van der Waals surface area contributed by atoms with Crippen LogP contribution in [0.3, 0.4) is 0 Å². The molecule has 0 amide bonds. The van der Waals surface area contributed by atoms with Gasteiger partial charge in [0.15, 0.2) is 0 Å². The second-order valence-corrected chi connectivity index (χ2v) is 7.79. The van der Waals surface area contributed by atoms with Crippen molar-refractivity contribution in [2.24, 2.45) is 0 Å². The van der Waals surface area contributed by atoms with Gasteiger partial charge in [0.05, 0.1) is 11.3 Å². The smallest absolute Gasteiger partial charge is 0.229 e. The molecule has 1 unspecified atom stereocenters. The van der Waals surface area contributed by atoms with Gasteiger partial charge in [0, 0.05) is 17.5 Å². The number of hydrogen-bond acceptors (Lipinski definition) is 5. The van der Waals surface area contributed by atoms with Gasteiger partial charge in [0.1, 0.15) is 17.0 Å². The molecule has 2 heterocycles. The summed E-state index contributed by atoms with van der Waals surface area (Å²) in [7, 11) is 0. The SMILES string of the molecule is Cc1ccccc1Nc1nc2c(c(Nc3ccccc3C)n1)C[S+]([O-])C=C2. The molecule has 4 rings (SSSR count). The lowest BCUT2D eigenvalue weighted by molar-refractivity contribution is 0.602. The van der Waals surface area contributed by atoms with E-state index in [1.807, 2.05) is 68.5 Å². The Morgan fingerprint density at radius 1 is 0.889 bits per heavy atom. The third-order valence-electron chi connectivity index (χ3n) is 4.49. The Morgan fingerprint density at radius 2 is 1.52 bits per heavy atom. The largest absolute Gasteiger partial charge is 0.612 e. The van der Waals surface area contributed by atoms with Crippen molar-refractivity contribution in [3.63, 3.8) is 0 Å². The van der Waals surface area contributed by atoms with Crippen LogP contribution in [0, 0.1) is 13.8 Å². The predicted octanol–water partition coefficient (Wildman–Crippen LogP) is 4.81. The summed E-state index contributed by atoms with van der Waals surface area (Å²) in [5.74, 6) is 1.60. The van der Waals surface area contributed by atoms with E-state index < -0.39 is 11.2 Å². The van der Waals surface area contributed by atoms with Crippen LogP contribution in [0.4, 0.5) is 23.1 Å². The van der Waals surface area contributed by atoms with Crippen LogP contribution in [-0.4, -0.2) is 14.5 Å². The maximum absolute atomic E-state index is 12.0. The average molecular weight is 376 g/mol. The zero-order valence-corrected chi connectivity index (χ0v) is 16.0. The number of fused-ring (bicyclic) bond motifs is 1. The van der Waals surface area contributed by atoms with Gasteiger partial charge in [-0.2, -0.15) is 4.98 Å². The molecule has 136 valence electrons. The Morgan fingerprint density at radius 3 is 2.19 bits per heavy atom. The number of benzene rings is 2. The van der Waals surface area contributed by atoms with Gasteiger partial charge in [-0.3, -0.25) is 0 Å². The number of nitrogens with zero attached hydrogens (tertiary/aromatic N) is 2. The molecule has 2 N–H and O–H groups in total. The molecule has 27 heavy (non-hydrogen) atoms. The zero-order valence-electron chi connectivity index (χ0n) is 15.2. The third kappa shape index (κ3) is 3.82. The lowest BCUT2D eigenvalue weighted by Crippen LogP contribution is -2.14. The average Bonchev–Trinajstić information content (AvgIpc) is 2.66. The molecule has 0 aliphatic carbocycles. The van der Waals surface area contributed by atoms with E-state index in [9.17, 15) is 4.55 Å². The molecule has 0 fully saturated rings. The van der Waals surface area contributed by atoms with Gasteiger partial charge in [0.2, 0.25) is 5.95 Å². The molecule has 1 aliphatic heterocycles. The van der Waals surface area contributed by atoms with Gasteiger partial charge < -0.3 is 15.2 Å². The lowest BCUT2D eigenvalue weighted by Gasteiger charge is -2.19. The molecule has 0 saturated heterocycles. The van der Waals surface area contributed by atoms with Gasteiger partial charge >= 0.3 is 0 Å². The Kier molecular flexibility index (Phi) is 4.83. The Bertz CT molecular complexity index is 1020. The van der Waals surface area contributed by atoms with E-state index in [2.05, 4.69) is 15.6 Å². The number of nitrogens with one attached hydrogen (secondary N) is 2. The first-order valence-electron chi connectivity index (χ1n) is 8.72. The highest BCUT2D eigenvalue weighted by Gasteiger charge is 2.22. The van der Waals surface area contributed by atoms with Crippen molar-refractivity contribution in [2.75, 3.05) is 10.6 Å².